The summed E-state index contributed by atoms with van der Waals surface area (Å²) in [6, 6.07) is 4.75. The van der Waals surface area contributed by atoms with Crippen molar-refractivity contribution in [1.82, 2.24) is 4.90 Å². The van der Waals surface area contributed by atoms with Crippen LogP contribution in [0, 0.1) is 13.8 Å². The van der Waals surface area contributed by atoms with E-state index in [-0.39, 0.29) is 0 Å². The Kier molecular flexibility index (Phi) is 4.83. The van der Waals surface area contributed by atoms with Gasteiger partial charge in [0, 0.05) is 6.04 Å². The summed E-state index contributed by atoms with van der Waals surface area (Å²) in [7, 11) is 1.73. The minimum atomic E-state index is 0.471. The van der Waals surface area contributed by atoms with Crippen LogP contribution in [0.4, 0.5) is 0 Å². The van der Waals surface area contributed by atoms with Crippen LogP contribution in [0.5, 0.6) is 5.75 Å². The maximum Gasteiger partial charge on any atom is 0.119 e. The van der Waals surface area contributed by atoms with Crippen LogP contribution < -0.4 is 10.5 Å². The highest BCUT2D eigenvalue weighted by Crippen LogP contribution is 2.34. The summed E-state index contributed by atoms with van der Waals surface area (Å²) in [5, 5.41) is 0. The minimum Gasteiger partial charge on any atom is -0.497 e. The van der Waals surface area contributed by atoms with Gasteiger partial charge in [-0.2, -0.15) is 0 Å². The maximum absolute atomic E-state index is 5.84. The Morgan fingerprint density at radius 3 is 2.26 bits per heavy atom. The Morgan fingerprint density at radius 1 is 1.21 bits per heavy atom. The van der Waals surface area contributed by atoms with Crippen molar-refractivity contribution in [3.8, 4) is 5.75 Å². The number of aryl methyl sites for hydroxylation is 2. The highest BCUT2D eigenvalue weighted by atomic mass is 16.5. The Morgan fingerprint density at radius 2 is 1.79 bits per heavy atom. The van der Waals surface area contributed by atoms with Gasteiger partial charge in [0.05, 0.1) is 7.11 Å². The van der Waals surface area contributed by atoms with Crippen LogP contribution in [-0.4, -0.2) is 31.6 Å². The van der Waals surface area contributed by atoms with Crippen LogP contribution in [0.2, 0.25) is 0 Å². The third-order valence-corrected chi connectivity index (χ3v) is 4.16. The molecule has 19 heavy (non-hydrogen) atoms. The van der Waals surface area contributed by atoms with Gasteiger partial charge < -0.3 is 10.5 Å². The lowest BCUT2D eigenvalue weighted by Crippen LogP contribution is -2.28. The van der Waals surface area contributed by atoms with Crippen LogP contribution in [0.3, 0.4) is 0 Å². The summed E-state index contributed by atoms with van der Waals surface area (Å²) in [6.07, 6.45) is 3.67. The number of ether oxygens (including phenoxy) is 1. The zero-order valence-electron chi connectivity index (χ0n) is 12.4. The summed E-state index contributed by atoms with van der Waals surface area (Å²) >= 11 is 0. The molecule has 1 aromatic carbocycles. The van der Waals surface area contributed by atoms with Crippen LogP contribution in [0.15, 0.2) is 12.1 Å². The van der Waals surface area contributed by atoms with E-state index < -0.39 is 0 Å². The normalized spacial score (nSPS) is 17.7. The first-order valence-electron chi connectivity index (χ1n) is 7.26. The van der Waals surface area contributed by atoms with E-state index in [0.29, 0.717) is 6.04 Å². The van der Waals surface area contributed by atoms with E-state index in [1.807, 2.05) is 0 Å². The molecule has 1 unspecified atom stereocenters. The van der Waals surface area contributed by atoms with Crippen molar-refractivity contribution >= 4 is 0 Å². The third-order valence-electron chi connectivity index (χ3n) is 4.16. The van der Waals surface area contributed by atoms with E-state index in [0.717, 1.165) is 18.7 Å². The molecule has 1 atom stereocenters. The molecule has 1 fully saturated rings. The van der Waals surface area contributed by atoms with Gasteiger partial charge in [0.25, 0.3) is 0 Å². The van der Waals surface area contributed by atoms with Gasteiger partial charge in [-0.1, -0.05) is 0 Å². The monoisotopic (exact) mass is 262 g/mol. The Labute approximate surface area is 116 Å². The molecular formula is C16H26N2O. The van der Waals surface area contributed by atoms with Crippen molar-refractivity contribution in [2.24, 2.45) is 5.73 Å². The Bertz CT molecular complexity index is 402. The molecule has 1 aliphatic rings. The second kappa shape index (κ2) is 6.40. The highest BCUT2D eigenvalue weighted by molar-refractivity contribution is 5.43. The largest absolute Gasteiger partial charge is 0.497 e. The molecule has 0 radical (unpaired) electrons. The fourth-order valence-electron chi connectivity index (χ4n) is 3.30. The summed E-state index contributed by atoms with van der Waals surface area (Å²) in [5.41, 5.74) is 9.93. The van der Waals surface area contributed by atoms with Crippen LogP contribution in [0.1, 0.15) is 42.0 Å². The lowest BCUT2D eigenvalue weighted by Gasteiger charge is -2.30. The van der Waals surface area contributed by atoms with Gasteiger partial charge in [0.1, 0.15) is 5.75 Å². The van der Waals surface area contributed by atoms with Crippen molar-refractivity contribution in [3.63, 3.8) is 0 Å². The number of methoxy groups -OCH3 is 1. The average molecular weight is 262 g/mol. The SMILES string of the molecule is COc1cc(C)c(C(CCN)N2CCCC2)c(C)c1. The van der Waals surface area contributed by atoms with Gasteiger partial charge in [-0.25, -0.2) is 0 Å². The standard InChI is InChI=1S/C16H26N2O/c1-12-10-14(19-3)11-13(2)16(12)15(6-7-17)18-8-4-5-9-18/h10-11,15H,4-9,17H2,1-3H3. The molecule has 1 saturated heterocycles. The van der Waals surface area contributed by atoms with Gasteiger partial charge in [-0.15, -0.1) is 0 Å². The lowest BCUT2D eigenvalue weighted by molar-refractivity contribution is 0.234. The summed E-state index contributed by atoms with van der Waals surface area (Å²) < 4.78 is 5.36. The molecule has 106 valence electrons. The Balaban J connectivity index is 2.35. The molecule has 0 bridgehead atoms. The van der Waals surface area contributed by atoms with E-state index in [9.17, 15) is 0 Å². The van der Waals surface area contributed by atoms with E-state index in [1.165, 1.54) is 42.6 Å². The van der Waals surface area contributed by atoms with Crippen LogP contribution >= 0.6 is 0 Å². The molecule has 2 rings (SSSR count). The molecule has 3 heteroatoms. The fourth-order valence-corrected chi connectivity index (χ4v) is 3.30. The quantitative estimate of drug-likeness (QED) is 0.887. The zero-order valence-corrected chi connectivity index (χ0v) is 12.4. The average Bonchev–Trinajstić information content (AvgIpc) is 2.90. The van der Waals surface area contributed by atoms with Gasteiger partial charge >= 0.3 is 0 Å². The first-order chi connectivity index (χ1) is 9.17. The molecule has 1 heterocycles. The molecule has 1 aliphatic heterocycles. The van der Waals surface area contributed by atoms with Gasteiger partial charge in [0.15, 0.2) is 0 Å². The van der Waals surface area contributed by atoms with Crippen LogP contribution in [0.25, 0.3) is 0 Å². The zero-order chi connectivity index (χ0) is 13.8. The van der Waals surface area contributed by atoms with Crippen molar-refractivity contribution in [1.29, 1.82) is 0 Å². The smallest absolute Gasteiger partial charge is 0.119 e. The number of nitrogens with two attached hydrogens (primary N) is 1. The number of benzene rings is 1. The molecule has 2 N–H and O–H groups in total. The van der Waals surface area contributed by atoms with Crippen molar-refractivity contribution in [2.45, 2.75) is 39.2 Å². The molecular weight excluding hydrogens is 236 g/mol. The van der Waals surface area contributed by atoms with Gasteiger partial charge in [-0.05, 0) is 81.6 Å². The first kappa shape index (κ1) is 14.4. The second-order valence-corrected chi connectivity index (χ2v) is 5.51. The van der Waals surface area contributed by atoms with E-state index in [1.54, 1.807) is 7.11 Å². The second-order valence-electron chi connectivity index (χ2n) is 5.51. The highest BCUT2D eigenvalue weighted by Gasteiger charge is 2.25. The predicted octanol–water partition coefficient (Wildman–Crippen LogP) is 2.80. The molecule has 3 nitrogen and oxygen atoms in total. The molecule has 0 aliphatic carbocycles. The summed E-state index contributed by atoms with van der Waals surface area (Å²) in [4.78, 5) is 2.59. The van der Waals surface area contributed by atoms with Gasteiger partial charge in [-0.3, -0.25) is 4.90 Å². The fraction of sp³-hybridized carbons (Fsp3) is 0.625. The number of likely N-dealkylation sites (tertiary alicyclic amines) is 1. The third kappa shape index (κ3) is 3.10. The number of rotatable bonds is 5. The van der Waals surface area contributed by atoms with Crippen molar-refractivity contribution < 1.29 is 4.74 Å². The number of hydrogen-bond acceptors (Lipinski definition) is 3. The molecule has 1 aromatic rings. The number of nitrogens with zero attached hydrogens (tertiary/aromatic N) is 1. The number of hydrogen-bond donors (Lipinski definition) is 1. The van der Waals surface area contributed by atoms with Gasteiger partial charge in [0.2, 0.25) is 0 Å². The van der Waals surface area contributed by atoms with E-state index in [4.69, 9.17) is 10.5 Å². The van der Waals surface area contributed by atoms with Crippen molar-refractivity contribution in [2.75, 3.05) is 26.7 Å². The Hall–Kier alpha value is -1.06. The molecule has 0 spiro atoms. The predicted molar refractivity (Wildman–Crippen MR) is 79.7 cm³/mol. The molecule has 0 aromatic heterocycles. The summed E-state index contributed by atoms with van der Waals surface area (Å²) in [5.74, 6) is 0.951. The van der Waals surface area contributed by atoms with E-state index in [2.05, 4.69) is 30.9 Å². The molecule has 0 saturated carbocycles. The molecule has 0 amide bonds. The van der Waals surface area contributed by atoms with E-state index >= 15 is 0 Å². The summed E-state index contributed by atoms with van der Waals surface area (Å²) in [6.45, 7) is 7.52. The first-order valence-corrected chi connectivity index (χ1v) is 7.26. The lowest BCUT2D eigenvalue weighted by atomic mass is 9.92. The van der Waals surface area contributed by atoms with Crippen molar-refractivity contribution in [3.05, 3.63) is 28.8 Å². The van der Waals surface area contributed by atoms with Crippen LogP contribution in [-0.2, 0) is 0 Å². The minimum absolute atomic E-state index is 0.471. The topological polar surface area (TPSA) is 38.5 Å². The maximum atomic E-state index is 5.84.